The molecule has 0 aliphatic carbocycles. The summed E-state index contributed by atoms with van der Waals surface area (Å²) in [5.41, 5.74) is 2.69. The number of hydrogen-bond donors (Lipinski definition) is 1. The maximum Gasteiger partial charge on any atom is 0.274 e. The lowest BCUT2D eigenvalue weighted by Crippen LogP contribution is -2.37. The molecule has 0 atom stereocenters. The van der Waals surface area contributed by atoms with Gasteiger partial charge in [-0.2, -0.15) is 0 Å². The van der Waals surface area contributed by atoms with Gasteiger partial charge in [-0.1, -0.05) is 6.07 Å². The van der Waals surface area contributed by atoms with Crippen molar-refractivity contribution in [1.82, 2.24) is 19.7 Å². The molecule has 0 unspecified atom stereocenters. The molecular weight excluding hydrogens is 294 g/mol. The van der Waals surface area contributed by atoms with E-state index in [0.717, 1.165) is 35.7 Å². The fraction of sp³-hybridized carbons (Fsp3) is 0.312. The van der Waals surface area contributed by atoms with Crippen LogP contribution in [-0.4, -0.2) is 46.1 Å². The fourth-order valence-electron chi connectivity index (χ4n) is 2.81. The molecule has 1 N–H and O–H groups in total. The largest absolute Gasteiger partial charge is 0.378 e. The molecule has 0 radical (unpaired) electrons. The highest BCUT2D eigenvalue weighted by atomic mass is 16.5. The van der Waals surface area contributed by atoms with Crippen molar-refractivity contribution in [3.63, 3.8) is 0 Å². The molecule has 7 heteroatoms. The number of morpholine rings is 1. The number of rotatable bonds is 2. The summed E-state index contributed by atoms with van der Waals surface area (Å²) in [6, 6.07) is 5.70. The van der Waals surface area contributed by atoms with Crippen LogP contribution in [0, 0.1) is 0 Å². The second-order valence-corrected chi connectivity index (χ2v) is 5.61. The Morgan fingerprint density at radius 1 is 1.13 bits per heavy atom. The number of nitrogens with zero attached hydrogens (tertiary/aromatic N) is 4. The van der Waals surface area contributed by atoms with Crippen LogP contribution in [0.15, 0.2) is 35.4 Å². The monoisotopic (exact) mass is 311 g/mol. The van der Waals surface area contributed by atoms with E-state index in [1.165, 1.54) is 4.68 Å². The first-order valence-electron chi connectivity index (χ1n) is 7.56. The van der Waals surface area contributed by atoms with Crippen molar-refractivity contribution in [2.24, 2.45) is 7.05 Å². The van der Waals surface area contributed by atoms with Crippen molar-refractivity contribution in [3.05, 3.63) is 40.9 Å². The zero-order chi connectivity index (χ0) is 15.8. The van der Waals surface area contributed by atoms with Crippen LogP contribution in [0.25, 0.3) is 22.0 Å². The minimum absolute atomic E-state index is 0.0227. The fourth-order valence-corrected chi connectivity index (χ4v) is 2.81. The number of anilines is 1. The third kappa shape index (κ3) is 2.49. The molecule has 1 aliphatic heterocycles. The lowest BCUT2D eigenvalue weighted by Gasteiger charge is -2.26. The molecule has 1 fully saturated rings. The highest BCUT2D eigenvalue weighted by Gasteiger charge is 2.14. The summed E-state index contributed by atoms with van der Waals surface area (Å²) in [5, 5.41) is 3.72. The lowest BCUT2D eigenvalue weighted by molar-refractivity contribution is 0.122. The number of aromatic nitrogens is 4. The summed E-state index contributed by atoms with van der Waals surface area (Å²) >= 11 is 0. The molecule has 0 bridgehead atoms. The summed E-state index contributed by atoms with van der Waals surface area (Å²) in [6.07, 6.45) is 3.64. The Labute approximate surface area is 132 Å². The number of aromatic amines is 1. The third-order valence-electron chi connectivity index (χ3n) is 4.11. The number of nitrogens with one attached hydrogen (secondary N) is 1. The van der Waals surface area contributed by atoms with Crippen molar-refractivity contribution >= 4 is 16.9 Å². The molecule has 23 heavy (non-hydrogen) atoms. The quantitative estimate of drug-likeness (QED) is 0.768. The van der Waals surface area contributed by atoms with Gasteiger partial charge in [0.05, 0.1) is 24.1 Å². The van der Waals surface area contributed by atoms with Crippen LogP contribution in [-0.2, 0) is 11.8 Å². The van der Waals surface area contributed by atoms with E-state index in [2.05, 4.69) is 20.0 Å². The maximum atomic E-state index is 11.9. The second kappa shape index (κ2) is 5.51. The maximum absolute atomic E-state index is 11.9. The van der Waals surface area contributed by atoms with E-state index in [1.54, 1.807) is 7.05 Å². The standard InChI is InChI=1S/C16H17N5O2/c1-20-15(22)13-3-2-11(8-14(13)19-20)12-9-17-16(18-10-12)21-4-6-23-7-5-21/h2-3,8-10,19H,4-7H2,1H3. The SMILES string of the molecule is Cn1[nH]c2cc(-c3cnc(N4CCOCC4)nc3)ccc2c1=O. The lowest BCUT2D eigenvalue weighted by atomic mass is 10.1. The first kappa shape index (κ1) is 14.0. The van der Waals surface area contributed by atoms with E-state index in [9.17, 15) is 4.79 Å². The molecule has 3 aromatic rings. The summed E-state index contributed by atoms with van der Waals surface area (Å²) in [4.78, 5) is 22.9. The van der Waals surface area contributed by atoms with Crippen LogP contribution in [0.5, 0.6) is 0 Å². The molecule has 0 spiro atoms. The van der Waals surface area contributed by atoms with Gasteiger partial charge in [0.15, 0.2) is 0 Å². The summed E-state index contributed by atoms with van der Waals surface area (Å²) in [7, 11) is 1.71. The van der Waals surface area contributed by atoms with Gasteiger partial charge in [0.2, 0.25) is 5.95 Å². The summed E-state index contributed by atoms with van der Waals surface area (Å²) in [6.45, 7) is 3.05. The van der Waals surface area contributed by atoms with E-state index in [4.69, 9.17) is 4.74 Å². The zero-order valence-electron chi connectivity index (χ0n) is 12.8. The van der Waals surface area contributed by atoms with Crippen LogP contribution in [0.1, 0.15) is 0 Å². The second-order valence-electron chi connectivity index (χ2n) is 5.61. The predicted octanol–water partition coefficient (Wildman–Crippen LogP) is 1.16. The van der Waals surface area contributed by atoms with Gasteiger partial charge in [0.25, 0.3) is 5.56 Å². The van der Waals surface area contributed by atoms with E-state index < -0.39 is 0 Å². The topological polar surface area (TPSA) is 76.0 Å². The van der Waals surface area contributed by atoms with Crippen LogP contribution in [0.4, 0.5) is 5.95 Å². The van der Waals surface area contributed by atoms with E-state index in [1.807, 2.05) is 30.6 Å². The van der Waals surface area contributed by atoms with Crippen LogP contribution in [0.2, 0.25) is 0 Å². The molecule has 1 aromatic carbocycles. The van der Waals surface area contributed by atoms with Gasteiger partial charge in [-0.15, -0.1) is 0 Å². The zero-order valence-corrected chi connectivity index (χ0v) is 12.8. The highest BCUT2D eigenvalue weighted by molar-refractivity contribution is 5.83. The first-order chi connectivity index (χ1) is 11.2. The smallest absolute Gasteiger partial charge is 0.274 e. The molecule has 4 rings (SSSR count). The van der Waals surface area contributed by atoms with Gasteiger partial charge in [-0.3, -0.25) is 14.6 Å². The average Bonchev–Trinajstić information content (AvgIpc) is 2.90. The van der Waals surface area contributed by atoms with Crippen molar-refractivity contribution < 1.29 is 4.74 Å². The van der Waals surface area contributed by atoms with Crippen molar-refractivity contribution in [2.75, 3.05) is 31.2 Å². The van der Waals surface area contributed by atoms with Gasteiger partial charge in [0.1, 0.15) is 0 Å². The highest BCUT2D eigenvalue weighted by Crippen LogP contribution is 2.22. The Bertz CT molecular complexity index is 891. The molecule has 7 nitrogen and oxygen atoms in total. The Morgan fingerprint density at radius 3 is 2.61 bits per heavy atom. The number of benzene rings is 1. The van der Waals surface area contributed by atoms with Crippen molar-refractivity contribution in [3.8, 4) is 11.1 Å². The van der Waals surface area contributed by atoms with Crippen LogP contribution in [0.3, 0.4) is 0 Å². The number of fused-ring (bicyclic) bond motifs is 1. The van der Waals surface area contributed by atoms with Crippen LogP contribution < -0.4 is 10.5 Å². The first-order valence-corrected chi connectivity index (χ1v) is 7.56. The molecule has 2 aromatic heterocycles. The molecular formula is C16H17N5O2. The molecule has 0 saturated carbocycles. The molecule has 1 aliphatic rings. The normalized spacial score (nSPS) is 15.3. The molecule has 3 heterocycles. The number of aryl methyl sites for hydroxylation is 1. The van der Waals surface area contributed by atoms with Gasteiger partial charge in [-0.25, -0.2) is 9.97 Å². The summed E-state index contributed by atoms with van der Waals surface area (Å²) < 4.78 is 6.82. The Morgan fingerprint density at radius 2 is 1.87 bits per heavy atom. The van der Waals surface area contributed by atoms with E-state index in [0.29, 0.717) is 18.6 Å². The predicted molar refractivity (Wildman–Crippen MR) is 87.6 cm³/mol. The van der Waals surface area contributed by atoms with Crippen molar-refractivity contribution in [2.45, 2.75) is 0 Å². The molecule has 1 saturated heterocycles. The molecule has 0 amide bonds. The number of hydrogen-bond acceptors (Lipinski definition) is 5. The van der Waals surface area contributed by atoms with Crippen molar-refractivity contribution in [1.29, 1.82) is 0 Å². The van der Waals surface area contributed by atoms with E-state index >= 15 is 0 Å². The Kier molecular flexibility index (Phi) is 3.34. The molecule has 118 valence electrons. The Balaban J connectivity index is 1.66. The summed E-state index contributed by atoms with van der Waals surface area (Å²) in [5.74, 6) is 0.728. The number of H-pyrrole nitrogens is 1. The van der Waals surface area contributed by atoms with Gasteiger partial charge < -0.3 is 9.64 Å². The average molecular weight is 311 g/mol. The minimum atomic E-state index is -0.0227. The van der Waals surface area contributed by atoms with Gasteiger partial charge in [-0.05, 0) is 17.7 Å². The number of ether oxygens (including phenoxy) is 1. The van der Waals surface area contributed by atoms with E-state index in [-0.39, 0.29) is 5.56 Å². The van der Waals surface area contributed by atoms with Crippen LogP contribution >= 0.6 is 0 Å². The minimum Gasteiger partial charge on any atom is -0.378 e. The third-order valence-corrected chi connectivity index (χ3v) is 4.11. The van der Waals surface area contributed by atoms with Gasteiger partial charge >= 0.3 is 0 Å². The Hall–Kier alpha value is -2.67. The van der Waals surface area contributed by atoms with Gasteiger partial charge in [0, 0.05) is 38.1 Å².